The summed E-state index contributed by atoms with van der Waals surface area (Å²) < 4.78 is 5.11. The molecule has 1 atom stereocenters. The van der Waals surface area contributed by atoms with Crippen molar-refractivity contribution in [3.8, 4) is 22.5 Å². The molecule has 2 amide bonds. The van der Waals surface area contributed by atoms with E-state index in [4.69, 9.17) is 10.5 Å². The van der Waals surface area contributed by atoms with Gasteiger partial charge in [-0.3, -0.25) is 9.59 Å². The molecule has 0 radical (unpaired) electrons. The Hall–Kier alpha value is -4.05. The van der Waals surface area contributed by atoms with Crippen molar-refractivity contribution in [2.75, 3.05) is 19.0 Å². The normalized spacial score (nSPS) is 16.8. The molecule has 9 nitrogen and oxygen atoms in total. The number of hydrogen-bond acceptors (Lipinski definition) is 6. The van der Waals surface area contributed by atoms with Crippen molar-refractivity contribution in [2.45, 2.75) is 64.5 Å². The molecule has 3 aromatic carbocycles. The molecule has 1 aliphatic carbocycles. The van der Waals surface area contributed by atoms with Gasteiger partial charge in [-0.1, -0.05) is 62.4 Å². The quantitative estimate of drug-likeness (QED) is 0.144. The first-order valence-corrected chi connectivity index (χ1v) is 15.8. The highest BCUT2D eigenvalue weighted by molar-refractivity contribution is 5.97. The largest absolute Gasteiger partial charge is 0.377 e. The molecule has 244 valence electrons. The summed E-state index contributed by atoms with van der Waals surface area (Å²) in [7, 11) is 1.60. The third kappa shape index (κ3) is 8.81. The highest BCUT2D eigenvalue weighted by Gasteiger charge is 2.29. The Bertz CT molecular complexity index is 1580. The zero-order valence-electron chi connectivity index (χ0n) is 26.8. The lowest BCUT2D eigenvalue weighted by Gasteiger charge is -2.28. The number of benzene rings is 3. The van der Waals surface area contributed by atoms with E-state index in [2.05, 4.69) is 76.1 Å². The van der Waals surface area contributed by atoms with Gasteiger partial charge in [0.05, 0.1) is 0 Å². The van der Waals surface area contributed by atoms with Crippen LogP contribution in [-0.4, -0.2) is 46.7 Å². The standard InChI is InChI=1S/C36H44N6O3.ClH/c1-23(2)30-9-4-5-10-31(30)28-8-6-7-25(19-28)20-32(39-35(43)27-13-11-24(21-37)12-14-27)36(44)38-29-17-15-26(16-18-29)34-40-33(22-45-3)41-42-34;/h4-10,15-19,23-24,27,32H,11-14,20-22,37H2,1-3H3,(H,38,44)(H,39,43)(H,40,41,42);1H/t24-,27-,32-;/m0./s1. The SMILES string of the molecule is COCc1nnc(-c2ccc(NC(=O)[C@H](Cc3cccc(-c4ccccc4C(C)C)c3)NC(=O)[C@H]3CC[C@H](CN)CC3)cc2)[nH]1.Cl. The van der Waals surface area contributed by atoms with Crippen molar-refractivity contribution in [3.05, 3.63) is 89.7 Å². The minimum atomic E-state index is -0.745. The van der Waals surface area contributed by atoms with Crippen molar-refractivity contribution in [2.24, 2.45) is 17.6 Å². The molecule has 10 heteroatoms. The average Bonchev–Trinajstić information content (AvgIpc) is 3.53. The molecule has 0 aliphatic heterocycles. The minimum absolute atomic E-state index is 0. The first-order valence-electron chi connectivity index (χ1n) is 15.8. The van der Waals surface area contributed by atoms with Crippen LogP contribution in [0.5, 0.6) is 0 Å². The molecule has 5 rings (SSSR count). The molecule has 4 aromatic rings. The van der Waals surface area contributed by atoms with E-state index in [1.54, 1.807) is 7.11 Å². The van der Waals surface area contributed by atoms with Crippen LogP contribution in [0.15, 0.2) is 72.8 Å². The number of anilines is 1. The first kappa shape index (κ1) is 34.8. The molecule has 0 spiro atoms. The fourth-order valence-electron chi connectivity index (χ4n) is 6.09. The molecule has 46 heavy (non-hydrogen) atoms. The number of aromatic nitrogens is 3. The molecule has 0 unspecified atom stereocenters. The highest BCUT2D eigenvalue weighted by atomic mass is 35.5. The van der Waals surface area contributed by atoms with E-state index < -0.39 is 6.04 Å². The summed E-state index contributed by atoms with van der Waals surface area (Å²) in [6.07, 6.45) is 3.82. The van der Waals surface area contributed by atoms with Gasteiger partial charge >= 0.3 is 0 Å². The van der Waals surface area contributed by atoms with Crippen LogP contribution in [0.25, 0.3) is 22.5 Å². The van der Waals surface area contributed by atoms with E-state index >= 15 is 0 Å². The Labute approximate surface area is 277 Å². The highest BCUT2D eigenvalue weighted by Crippen LogP contribution is 2.31. The molecule has 0 saturated heterocycles. The van der Waals surface area contributed by atoms with Gasteiger partial charge < -0.3 is 26.1 Å². The second-order valence-corrected chi connectivity index (χ2v) is 12.3. The summed E-state index contributed by atoms with van der Waals surface area (Å²) in [5.41, 5.74) is 11.9. The second-order valence-electron chi connectivity index (χ2n) is 12.3. The summed E-state index contributed by atoms with van der Waals surface area (Å²) in [5.74, 6) is 1.65. The smallest absolute Gasteiger partial charge is 0.247 e. The van der Waals surface area contributed by atoms with E-state index in [1.165, 1.54) is 11.1 Å². The first-order chi connectivity index (χ1) is 21.8. The Balaban J connectivity index is 0.00000480. The molecule has 1 aromatic heterocycles. The van der Waals surface area contributed by atoms with Gasteiger partial charge in [0.1, 0.15) is 12.6 Å². The molecular weight excluding hydrogens is 600 g/mol. The summed E-state index contributed by atoms with van der Waals surface area (Å²) in [6.45, 7) is 5.38. The molecule has 0 bridgehead atoms. The zero-order chi connectivity index (χ0) is 31.8. The van der Waals surface area contributed by atoms with Crippen LogP contribution in [0.1, 0.15) is 62.4 Å². The Morgan fingerprint density at radius 1 is 0.957 bits per heavy atom. The monoisotopic (exact) mass is 644 g/mol. The number of carbonyl (C=O) groups excluding carboxylic acids is 2. The van der Waals surface area contributed by atoms with Crippen molar-refractivity contribution < 1.29 is 14.3 Å². The number of rotatable bonds is 12. The Morgan fingerprint density at radius 3 is 2.39 bits per heavy atom. The topological polar surface area (TPSA) is 135 Å². The lowest BCUT2D eigenvalue weighted by Crippen LogP contribution is -2.48. The maximum atomic E-state index is 13.8. The van der Waals surface area contributed by atoms with Crippen LogP contribution in [0.4, 0.5) is 5.69 Å². The maximum absolute atomic E-state index is 13.8. The lowest BCUT2D eigenvalue weighted by molar-refractivity contribution is -0.130. The van der Waals surface area contributed by atoms with Crippen molar-refractivity contribution in [1.29, 1.82) is 0 Å². The summed E-state index contributed by atoms with van der Waals surface area (Å²) in [4.78, 5) is 30.4. The van der Waals surface area contributed by atoms with E-state index in [1.807, 2.05) is 36.4 Å². The van der Waals surface area contributed by atoms with Crippen molar-refractivity contribution in [1.82, 2.24) is 20.5 Å². The number of nitrogens with two attached hydrogens (primary N) is 1. The number of aromatic amines is 1. The number of hydrogen-bond donors (Lipinski definition) is 4. The fourth-order valence-corrected chi connectivity index (χ4v) is 6.09. The van der Waals surface area contributed by atoms with E-state index in [0.717, 1.165) is 42.4 Å². The predicted octanol–water partition coefficient (Wildman–Crippen LogP) is 6.26. The number of halogens is 1. The van der Waals surface area contributed by atoms with Gasteiger partial charge in [0.2, 0.25) is 11.8 Å². The minimum Gasteiger partial charge on any atom is -0.377 e. The van der Waals surface area contributed by atoms with Gasteiger partial charge in [0.25, 0.3) is 0 Å². The number of nitrogens with one attached hydrogen (secondary N) is 3. The van der Waals surface area contributed by atoms with Crippen LogP contribution < -0.4 is 16.4 Å². The number of carbonyl (C=O) groups is 2. The van der Waals surface area contributed by atoms with E-state index in [9.17, 15) is 9.59 Å². The van der Waals surface area contributed by atoms with Crippen LogP contribution in [0, 0.1) is 11.8 Å². The molecule has 1 aliphatic rings. The van der Waals surface area contributed by atoms with Crippen LogP contribution >= 0.6 is 12.4 Å². The number of nitrogens with zero attached hydrogens (tertiary/aromatic N) is 2. The Kier molecular flexibility index (Phi) is 12.5. The van der Waals surface area contributed by atoms with Gasteiger partial charge in [-0.05, 0) is 90.6 Å². The molecule has 5 N–H and O–H groups in total. The van der Waals surface area contributed by atoms with E-state index in [0.29, 0.717) is 48.7 Å². The van der Waals surface area contributed by atoms with Gasteiger partial charge in [0, 0.05) is 30.7 Å². The van der Waals surface area contributed by atoms with Gasteiger partial charge in [0.15, 0.2) is 11.6 Å². The summed E-state index contributed by atoms with van der Waals surface area (Å²) >= 11 is 0. The summed E-state index contributed by atoms with van der Waals surface area (Å²) in [5, 5.41) is 14.4. The lowest BCUT2D eigenvalue weighted by atomic mass is 9.81. The van der Waals surface area contributed by atoms with Crippen LogP contribution in [-0.2, 0) is 27.4 Å². The van der Waals surface area contributed by atoms with Crippen molar-refractivity contribution >= 4 is 29.9 Å². The number of amides is 2. The third-order valence-electron chi connectivity index (χ3n) is 8.68. The van der Waals surface area contributed by atoms with Crippen molar-refractivity contribution in [3.63, 3.8) is 0 Å². The van der Waals surface area contributed by atoms with Gasteiger partial charge in [-0.2, -0.15) is 0 Å². The van der Waals surface area contributed by atoms with Gasteiger partial charge in [-0.25, -0.2) is 0 Å². The number of methoxy groups -OCH3 is 1. The number of ether oxygens (including phenoxy) is 1. The fraction of sp³-hybridized carbons (Fsp3) is 0.389. The van der Waals surface area contributed by atoms with Crippen LogP contribution in [0.3, 0.4) is 0 Å². The van der Waals surface area contributed by atoms with Gasteiger partial charge in [-0.15, -0.1) is 22.6 Å². The third-order valence-corrected chi connectivity index (χ3v) is 8.68. The molecule has 1 heterocycles. The molecule has 1 saturated carbocycles. The second kappa shape index (κ2) is 16.5. The summed E-state index contributed by atoms with van der Waals surface area (Å²) in [6, 6.07) is 23.3. The average molecular weight is 645 g/mol. The van der Waals surface area contributed by atoms with E-state index in [-0.39, 0.29) is 30.1 Å². The predicted molar refractivity (Wildman–Crippen MR) is 185 cm³/mol. The zero-order valence-corrected chi connectivity index (χ0v) is 27.6. The Morgan fingerprint density at radius 2 is 1.70 bits per heavy atom. The number of H-pyrrole nitrogens is 1. The molecular formula is C36H45ClN6O3. The van der Waals surface area contributed by atoms with Crippen LogP contribution in [0.2, 0.25) is 0 Å². The maximum Gasteiger partial charge on any atom is 0.247 e. The molecule has 1 fully saturated rings.